The number of nitrogens with one attached hydrogen (secondary N) is 1. The molecule has 128 valence electrons. The number of amides is 1. The highest BCUT2D eigenvalue weighted by atomic mass is 35.5. The van der Waals surface area contributed by atoms with Crippen molar-refractivity contribution in [1.82, 2.24) is 10.2 Å². The van der Waals surface area contributed by atoms with E-state index in [4.69, 9.17) is 14.2 Å². The first kappa shape index (κ1) is 19.1. The van der Waals surface area contributed by atoms with Crippen LogP contribution in [0.25, 0.3) is 6.08 Å². The zero-order valence-electron chi connectivity index (χ0n) is 13.6. The van der Waals surface area contributed by atoms with Gasteiger partial charge >= 0.3 is 0 Å². The minimum absolute atomic E-state index is 0. The molecule has 1 aromatic carbocycles. The Balaban J connectivity index is 0.00000264. The molecule has 1 aliphatic heterocycles. The molecule has 0 atom stereocenters. The van der Waals surface area contributed by atoms with E-state index in [9.17, 15) is 4.79 Å². The first-order valence-electron chi connectivity index (χ1n) is 7.17. The Morgan fingerprint density at radius 1 is 1.09 bits per heavy atom. The highest BCUT2D eigenvalue weighted by Gasteiger charge is 2.14. The highest BCUT2D eigenvalue weighted by molar-refractivity contribution is 5.92. The minimum Gasteiger partial charge on any atom is -0.493 e. The van der Waals surface area contributed by atoms with Crippen molar-refractivity contribution in [3.63, 3.8) is 0 Å². The maximum absolute atomic E-state index is 12.1. The molecular formula is C16H23ClN2O4. The van der Waals surface area contributed by atoms with Crippen LogP contribution in [0.2, 0.25) is 0 Å². The van der Waals surface area contributed by atoms with E-state index in [2.05, 4.69) is 5.32 Å². The van der Waals surface area contributed by atoms with Crippen LogP contribution in [0.15, 0.2) is 18.2 Å². The molecule has 1 amide bonds. The molecule has 7 heteroatoms. The molecule has 6 nitrogen and oxygen atoms in total. The Bertz CT molecular complexity index is 532. The second-order valence-corrected chi connectivity index (χ2v) is 4.87. The van der Waals surface area contributed by atoms with Gasteiger partial charge in [0.05, 0.1) is 21.3 Å². The van der Waals surface area contributed by atoms with Gasteiger partial charge in [-0.1, -0.05) is 0 Å². The van der Waals surface area contributed by atoms with Gasteiger partial charge in [0.25, 0.3) is 0 Å². The number of hydrogen-bond donors (Lipinski definition) is 1. The van der Waals surface area contributed by atoms with Crippen molar-refractivity contribution in [2.75, 3.05) is 47.5 Å². The van der Waals surface area contributed by atoms with Crippen LogP contribution in [0.5, 0.6) is 17.2 Å². The predicted molar refractivity (Wildman–Crippen MR) is 91.8 cm³/mol. The first-order chi connectivity index (χ1) is 10.7. The Morgan fingerprint density at radius 3 is 2.13 bits per heavy atom. The lowest BCUT2D eigenvalue weighted by atomic mass is 10.1. The summed E-state index contributed by atoms with van der Waals surface area (Å²) in [6.07, 6.45) is 3.33. The number of hydrogen-bond acceptors (Lipinski definition) is 5. The zero-order valence-corrected chi connectivity index (χ0v) is 14.4. The fourth-order valence-electron chi connectivity index (χ4n) is 2.36. The summed E-state index contributed by atoms with van der Waals surface area (Å²) in [6.45, 7) is 3.14. The van der Waals surface area contributed by atoms with E-state index >= 15 is 0 Å². The van der Waals surface area contributed by atoms with Gasteiger partial charge in [-0.2, -0.15) is 0 Å². The maximum atomic E-state index is 12.1. The number of carbonyl (C=O) groups is 1. The third-order valence-electron chi connectivity index (χ3n) is 3.53. The van der Waals surface area contributed by atoms with Gasteiger partial charge in [-0.3, -0.25) is 4.79 Å². The molecule has 0 radical (unpaired) electrons. The summed E-state index contributed by atoms with van der Waals surface area (Å²) in [6, 6.07) is 3.62. The van der Waals surface area contributed by atoms with Crippen molar-refractivity contribution < 1.29 is 19.0 Å². The van der Waals surface area contributed by atoms with E-state index in [1.807, 2.05) is 17.0 Å². The van der Waals surface area contributed by atoms with Gasteiger partial charge in [0.15, 0.2) is 11.5 Å². The number of piperazine rings is 1. The number of carbonyl (C=O) groups excluding carboxylic acids is 1. The molecule has 0 aliphatic carbocycles. The van der Waals surface area contributed by atoms with Crippen LogP contribution >= 0.6 is 12.4 Å². The van der Waals surface area contributed by atoms with Crippen LogP contribution in [0.1, 0.15) is 5.56 Å². The van der Waals surface area contributed by atoms with Crippen LogP contribution in [0.4, 0.5) is 0 Å². The van der Waals surface area contributed by atoms with Gasteiger partial charge < -0.3 is 24.4 Å². The van der Waals surface area contributed by atoms with E-state index in [-0.39, 0.29) is 18.3 Å². The van der Waals surface area contributed by atoms with Crippen molar-refractivity contribution in [1.29, 1.82) is 0 Å². The molecule has 0 bridgehead atoms. The first-order valence-corrected chi connectivity index (χ1v) is 7.17. The average molecular weight is 343 g/mol. The largest absolute Gasteiger partial charge is 0.493 e. The van der Waals surface area contributed by atoms with E-state index in [1.165, 1.54) is 0 Å². The quantitative estimate of drug-likeness (QED) is 0.823. The lowest BCUT2D eigenvalue weighted by Crippen LogP contribution is -2.45. The van der Waals surface area contributed by atoms with Gasteiger partial charge in [0, 0.05) is 32.3 Å². The van der Waals surface area contributed by atoms with Crippen LogP contribution in [0, 0.1) is 0 Å². The summed E-state index contributed by atoms with van der Waals surface area (Å²) in [7, 11) is 4.69. The topological polar surface area (TPSA) is 60.0 Å². The van der Waals surface area contributed by atoms with Crippen molar-refractivity contribution in [2.24, 2.45) is 0 Å². The van der Waals surface area contributed by atoms with Crippen molar-refractivity contribution in [3.8, 4) is 17.2 Å². The maximum Gasteiger partial charge on any atom is 0.246 e. The van der Waals surface area contributed by atoms with Crippen LogP contribution in [0.3, 0.4) is 0 Å². The number of methoxy groups -OCH3 is 3. The second-order valence-electron chi connectivity index (χ2n) is 4.87. The predicted octanol–water partition coefficient (Wildman–Crippen LogP) is 1.58. The fourth-order valence-corrected chi connectivity index (χ4v) is 2.36. The van der Waals surface area contributed by atoms with Gasteiger partial charge in [-0.25, -0.2) is 0 Å². The summed E-state index contributed by atoms with van der Waals surface area (Å²) >= 11 is 0. The summed E-state index contributed by atoms with van der Waals surface area (Å²) < 4.78 is 15.9. The number of benzene rings is 1. The standard InChI is InChI=1S/C16H22N2O4.ClH/c1-20-13-10-12(11-14(21-2)16(13)22-3)4-5-15(19)18-8-6-17-7-9-18;/h4-5,10-11,17H,6-9H2,1-3H3;1H. The summed E-state index contributed by atoms with van der Waals surface area (Å²) in [5, 5.41) is 3.22. The Kier molecular flexibility index (Phi) is 7.71. The minimum atomic E-state index is 0. The van der Waals surface area contributed by atoms with Gasteiger partial charge in [-0.05, 0) is 23.8 Å². The molecule has 1 saturated heterocycles. The molecule has 1 fully saturated rings. The molecule has 1 aromatic rings. The van der Waals surface area contributed by atoms with E-state index in [0.29, 0.717) is 17.2 Å². The summed E-state index contributed by atoms with van der Waals surface area (Å²) in [4.78, 5) is 14.0. The molecule has 1 N–H and O–H groups in total. The Morgan fingerprint density at radius 2 is 1.65 bits per heavy atom. The number of ether oxygens (including phenoxy) is 3. The lowest BCUT2D eigenvalue weighted by Gasteiger charge is -2.26. The van der Waals surface area contributed by atoms with E-state index < -0.39 is 0 Å². The molecule has 0 aromatic heterocycles. The smallest absolute Gasteiger partial charge is 0.246 e. The van der Waals surface area contributed by atoms with E-state index in [0.717, 1.165) is 31.7 Å². The Labute approximate surface area is 142 Å². The van der Waals surface area contributed by atoms with Crippen LogP contribution in [-0.2, 0) is 4.79 Å². The Hall–Kier alpha value is -1.92. The van der Waals surface area contributed by atoms with Gasteiger partial charge in [0.1, 0.15) is 0 Å². The van der Waals surface area contributed by atoms with Gasteiger partial charge in [0.2, 0.25) is 11.7 Å². The molecule has 23 heavy (non-hydrogen) atoms. The monoisotopic (exact) mass is 342 g/mol. The molecule has 1 heterocycles. The zero-order chi connectivity index (χ0) is 15.9. The summed E-state index contributed by atoms with van der Waals surface area (Å²) in [5.41, 5.74) is 0.818. The molecule has 0 unspecified atom stereocenters. The van der Waals surface area contributed by atoms with Crippen LogP contribution in [-0.4, -0.2) is 58.3 Å². The molecule has 0 spiro atoms. The van der Waals surface area contributed by atoms with Crippen molar-refractivity contribution >= 4 is 24.4 Å². The van der Waals surface area contributed by atoms with Crippen molar-refractivity contribution in [2.45, 2.75) is 0 Å². The van der Waals surface area contributed by atoms with Gasteiger partial charge in [-0.15, -0.1) is 12.4 Å². The SMILES string of the molecule is COc1cc(C=CC(=O)N2CCNCC2)cc(OC)c1OC.Cl. The molecule has 2 rings (SSSR count). The third-order valence-corrected chi connectivity index (χ3v) is 3.53. The van der Waals surface area contributed by atoms with Crippen LogP contribution < -0.4 is 19.5 Å². The number of halogens is 1. The molecule has 1 aliphatic rings. The molecule has 0 saturated carbocycles. The number of nitrogens with zero attached hydrogens (tertiary/aromatic N) is 1. The van der Waals surface area contributed by atoms with Crippen molar-refractivity contribution in [3.05, 3.63) is 23.8 Å². The summed E-state index contributed by atoms with van der Waals surface area (Å²) in [5.74, 6) is 1.68. The average Bonchev–Trinajstić information content (AvgIpc) is 2.59. The lowest BCUT2D eigenvalue weighted by molar-refractivity contribution is -0.126. The fraction of sp³-hybridized carbons (Fsp3) is 0.438. The third kappa shape index (κ3) is 4.77. The molecular weight excluding hydrogens is 320 g/mol. The highest BCUT2D eigenvalue weighted by Crippen LogP contribution is 2.38. The van der Waals surface area contributed by atoms with E-state index in [1.54, 1.807) is 33.5 Å². The normalized spacial score (nSPS) is 14.3. The number of rotatable bonds is 5. The second kappa shape index (κ2) is 9.27.